The molecule has 0 bridgehead atoms. The van der Waals surface area contributed by atoms with Gasteiger partial charge in [-0.05, 0) is 44.5 Å². The lowest BCUT2D eigenvalue weighted by Crippen LogP contribution is -2.42. The van der Waals surface area contributed by atoms with Crippen LogP contribution in [0.25, 0.3) is 0 Å². The topological polar surface area (TPSA) is 77.0 Å². The molecule has 0 aromatic heterocycles. The number of guanidine groups is 1. The molecule has 1 fully saturated rings. The molecule has 2 N–H and O–H groups in total. The van der Waals surface area contributed by atoms with Crippen molar-refractivity contribution in [3.05, 3.63) is 29.8 Å². The van der Waals surface area contributed by atoms with Gasteiger partial charge in [0.1, 0.15) is 0 Å². The van der Waals surface area contributed by atoms with E-state index in [0.29, 0.717) is 23.0 Å². The first-order chi connectivity index (χ1) is 12.9. The van der Waals surface area contributed by atoms with E-state index in [4.69, 9.17) is 0 Å². The van der Waals surface area contributed by atoms with Crippen LogP contribution in [0, 0.1) is 0 Å². The minimum absolute atomic E-state index is 0. The van der Waals surface area contributed by atoms with Gasteiger partial charge in [-0.15, -0.1) is 24.0 Å². The van der Waals surface area contributed by atoms with E-state index in [9.17, 15) is 8.42 Å². The van der Waals surface area contributed by atoms with Crippen molar-refractivity contribution in [1.82, 2.24) is 19.8 Å². The van der Waals surface area contributed by atoms with Crippen molar-refractivity contribution in [1.29, 1.82) is 0 Å². The number of sulfonamides is 1. The number of likely N-dealkylation sites (tertiary alicyclic amines) is 1. The maximum atomic E-state index is 12.5. The second-order valence-electron chi connectivity index (χ2n) is 6.92. The van der Waals surface area contributed by atoms with Crippen LogP contribution < -0.4 is 10.6 Å². The van der Waals surface area contributed by atoms with Crippen molar-refractivity contribution in [2.45, 2.75) is 37.6 Å². The third kappa shape index (κ3) is 7.49. The van der Waals surface area contributed by atoms with Crippen LogP contribution in [0.3, 0.4) is 0 Å². The van der Waals surface area contributed by atoms with Gasteiger partial charge in [0.2, 0.25) is 10.0 Å². The molecule has 1 heterocycles. The highest BCUT2D eigenvalue weighted by molar-refractivity contribution is 14.0. The summed E-state index contributed by atoms with van der Waals surface area (Å²) in [4.78, 5) is 7.37. The number of rotatable bonds is 8. The second-order valence-corrected chi connectivity index (χ2v) is 9.04. The normalized spacial score (nSPS) is 15.9. The summed E-state index contributed by atoms with van der Waals surface area (Å²) in [6, 6.07) is 7.04. The molecule has 0 atom stereocenters. The Bertz CT molecular complexity index is 719. The van der Waals surface area contributed by atoms with E-state index in [1.165, 1.54) is 36.7 Å². The number of hydrogen-bond donors (Lipinski definition) is 2. The Morgan fingerprint density at radius 2 is 1.82 bits per heavy atom. The lowest BCUT2D eigenvalue weighted by molar-refractivity contribution is 0.232. The van der Waals surface area contributed by atoms with Gasteiger partial charge in [0.25, 0.3) is 0 Å². The number of nitrogens with zero attached hydrogens (tertiary/aromatic N) is 3. The molecule has 0 saturated carbocycles. The number of hydrogen-bond acceptors (Lipinski definition) is 4. The molecule has 2 rings (SSSR count). The number of piperidine rings is 1. The first-order valence-corrected chi connectivity index (χ1v) is 11.1. The Morgan fingerprint density at radius 1 is 1.14 bits per heavy atom. The van der Waals surface area contributed by atoms with Crippen molar-refractivity contribution in [2.24, 2.45) is 4.99 Å². The Morgan fingerprint density at radius 3 is 2.46 bits per heavy atom. The summed E-state index contributed by atoms with van der Waals surface area (Å²) in [6.07, 6.45) is 3.90. The lowest BCUT2D eigenvalue weighted by atomic mass is 10.1. The Balaban J connectivity index is 0.00000392. The first kappa shape index (κ1) is 25.1. The summed E-state index contributed by atoms with van der Waals surface area (Å²) in [5.74, 6) is 0.714. The molecule has 1 aromatic carbocycles. The summed E-state index contributed by atoms with van der Waals surface area (Å²) in [7, 11) is -0.396. The molecular formula is C19H34IN5O2S. The molecular weight excluding hydrogens is 489 g/mol. The van der Waals surface area contributed by atoms with Gasteiger partial charge in [0.05, 0.1) is 11.4 Å². The number of benzene rings is 1. The Labute approximate surface area is 187 Å². The van der Waals surface area contributed by atoms with Gasteiger partial charge in [-0.25, -0.2) is 17.7 Å². The quantitative estimate of drug-likeness (QED) is 0.310. The SMILES string of the molecule is CCNC(=NCc1ccccc1S(=O)(=O)N(C)C)NCCN1CCCCC1.I. The monoisotopic (exact) mass is 523 g/mol. The fourth-order valence-electron chi connectivity index (χ4n) is 3.10. The van der Waals surface area contributed by atoms with E-state index < -0.39 is 10.0 Å². The number of nitrogens with one attached hydrogen (secondary N) is 2. The molecule has 1 aliphatic heterocycles. The van der Waals surface area contributed by atoms with Gasteiger partial charge in [-0.3, -0.25) is 0 Å². The predicted octanol–water partition coefficient (Wildman–Crippen LogP) is 2.10. The minimum atomic E-state index is -3.48. The Kier molecular flexibility index (Phi) is 11.3. The van der Waals surface area contributed by atoms with Crippen LogP contribution in [0.15, 0.2) is 34.2 Å². The molecule has 7 nitrogen and oxygen atoms in total. The fourth-order valence-corrected chi connectivity index (χ4v) is 4.21. The van der Waals surface area contributed by atoms with E-state index in [1.807, 2.05) is 19.1 Å². The van der Waals surface area contributed by atoms with Gasteiger partial charge in [0, 0.05) is 33.7 Å². The summed E-state index contributed by atoms with van der Waals surface area (Å²) in [6.45, 7) is 7.25. The molecule has 0 spiro atoms. The third-order valence-corrected chi connectivity index (χ3v) is 6.57. The highest BCUT2D eigenvalue weighted by atomic mass is 127. The fraction of sp³-hybridized carbons (Fsp3) is 0.632. The van der Waals surface area contributed by atoms with Gasteiger partial charge in [-0.2, -0.15) is 0 Å². The summed E-state index contributed by atoms with van der Waals surface area (Å²) in [5.41, 5.74) is 0.694. The average Bonchev–Trinajstić information content (AvgIpc) is 2.67. The standard InChI is InChI=1S/C19H33N5O2S.HI/c1-4-20-19(21-12-15-24-13-8-5-9-14-24)22-16-17-10-6-7-11-18(17)27(25,26)23(2)3;/h6-7,10-11H,4-5,8-9,12-16H2,1-3H3,(H2,20,21,22);1H. The third-order valence-electron chi connectivity index (χ3n) is 4.65. The molecule has 0 unspecified atom stereocenters. The maximum Gasteiger partial charge on any atom is 0.242 e. The molecule has 1 saturated heterocycles. The van der Waals surface area contributed by atoms with Crippen molar-refractivity contribution in [3.63, 3.8) is 0 Å². The van der Waals surface area contributed by atoms with E-state index in [0.717, 1.165) is 19.6 Å². The molecule has 28 heavy (non-hydrogen) atoms. The van der Waals surface area contributed by atoms with E-state index in [1.54, 1.807) is 26.2 Å². The average molecular weight is 523 g/mol. The predicted molar refractivity (Wildman–Crippen MR) is 126 cm³/mol. The van der Waals surface area contributed by atoms with E-state index >= 15 is 0 Å². The van der Waals surface area contributed by atoms with Crippen LogP contribution in [-0.4, -0.2) is 70.4 Å². The minimum Gasteiger partial charge on any atom is -0.357 e. The van der Waals surface area contributed by atoms with Crippen molar-refractivity contribution < 1.29 is 8.42 Å². The van der Waals surface area contributed by atoms with Gasteiger partial charge in [-0.1, -0.05) is 24.6 Å². The molecule has 160 valence electrons. The lowest BCUT2D eigenvalue weighted by Gasteiger charge is -2.26. The van der Waals surface area contributed by atoms with Crippen LogP contribution >= 0.6 is 24.0 Å². The zero-order valence-corrected chi connectivity index (χ0v) is 20.3. The smallest absolute Gasteiger partial charge is 0.242 e. The first-order valence-electron chi connectivity index (χ1n) is 9.70. The van der Waals surface area contributed by atoms with Crippen LogP contribution in [0.5, 0.6) is 0 Å². The molecule has 1 aromatic rings. The van der Waals surface area contributed by atoms with Gasteiger partial charge < -0.3 is 15.5 Å². The van der Waals surface area contributed by atoms with Crippen molar-refractivity contribution >= 4 is 40.0 Å². The second kappa shape index (κ2) is 12.6. The number of aliphatic imine (C=N–C) groups is 1. The highest BCUT2D eigenvalue weighted by Crippen LogP contribution is 2.19. The molecule has 0 amide bonds. The number of halogens is 1. The van der Waals surface area contributed by atoms with Crippen LogP contribution in [0.2, 0.25) is 0 Å². The summed E-state index contributed by atoms with van der Waals surface area (Å²) < 4.78 is 26.3. The zero-order valence-electron chi connectivity index (χ0n) is 17.1. The van der Waals surface area contributed by atoms with Gasteiger partial charge in [0.15, 0.2) is 5.96 Å². The van der Waals surface area contributed by atoms with Crippen LogP contribution in [-0.2, 0) is 16.6 Å². The highest BCUT2D eigenvalue weighted by Gasteiger charge is 2.20. The van der Waals surface area contributed by atoms with Crippen molar-refractivity contribution in [3.8, 4) is 0 Å². The molecule has 1 aliphatic rings. The van der Waals surface area contributed by atoms with E-state index in [-0.39, 0.29) is 24.0 Å². The molecule has 0 aliphatic carbocycles. The zero-order chi connectivity index (χ0) is 19.7. The van der Waals surface area contributed by atoms with Gasteiger partial charge >= 0.3 is 0 Å². The van der Waals surface area contributed by atoms with E-state index in [2.05, 4.69) is 20.5 Å². The molecule has 9 heteroatoms. The summed E-state index contributed by atoms with van der Waals surface area (Å²) >= 11 is 0. The summed E-state index contributed by atoms with van der Waals surface area (Å²) in [5, 5.41) is 6.59. The largest absolute Gasteiger partial charge is 0.357 e. The van der Waals surface area contributed by atoms with Crippen molar-refractivity contribution in [2.75, 3.05) is 46.8 Å². The maximum absolute atomic E-state index is 12.5. The van der Waals surface area contributed by atoms with Crippen LogP contribution in [0.4, 0.5) is 0 Å². The Hall–Kier alpha value is -0.910. The van der Waals surface area contributed by atoms with Crippen LogP contribution in [0.1, 0.15) is 31.7 Å². The molecule has 0 radical (unpaired) electrons.